The number of benzene rings is 2. The van der Waals surface area contributed by atoms with Crippen LogP contribution in [0, 0.1) is 0 Å². The van der Waals surface area contributed by atoms with Crippen LogP contribution in [0.3, 0.4) is 0 Å². The van der Waals surface area contributed by atoms with Gasteiger partial charge >= 0.3 is 5.20 Å². The molecule has 0 unspecified atom stereocenters. The topological polar surface area (TPSA) is 95.1 Å². The molecule has 8 nitrogen and oxygen atoms in total. The van der Waals surface area contributed by atoms with Gasteiger partial charge in [-0.15, -0.1) is 0 Å². The van der Waals surface area contributed by atoms with Crippen LogP contribution in [0.1, 0.15) is 0 Å². The third-order valence-electron chi connectivity index (χ3n) is 6.54. The summed E-state index contributed by atoms with van der Waals surface area (Å²) in [4.78, 5) is 32.1. The number of pyridine rings is 4. The lowest BCUT2D eigenvalue weighted by molar-refractivity contribution is 0.600. The molecule has 0 saturated carbocycles. The fraction of sp³-hybridized carbons (Fsp3) is 0.125. The molecule has 0 amide bonds. The fourth-order valence-electron chi connectivity index (χ4n) is 4.29. The number of H-pyrrole nitrogens is 1. The molecule has 0 saturated heterocycles. The smallest absolute Gasteiger partial charge is 0.339 e. The van der Waals surface area contributed by atoms with Crippen LogP contribution in [-0.2, 0) is 4.57 Å². The van der Waals surface area contributed by atoms with E-state index in [0.29, 0.717) is 16.1 Å². The van der Waals surface area contributed by atoms with Gasteiger partial charge in [-0.25, -0.2) is 4.98 Å². The van der Waals surface area contributed by atoms with E-state index in [1.165, 1.54) is 0 Å². The minimum atomic E-state index is -3.22. The zero-order chi connectivity index (χ0) is 32.7. The SMILES string of the molecule is CN(C)c1ccc(-c2cc3ncccc3c(=O)[nH]2)cc1.CN(C)c1ccc(-c2cc3ncccc3c(Cl)n2)cc1.O=P(Cl)(Cl)Cl. The third kappa shape index (κ3) is 9.67. The van der Waals surface area contributed by atoms with Crippen molar-refractivity contribution in [2.45, 2.75) is 0 Å². The number of hydrogen-bond donors (Lipinski definition) is 1. The fourth-order valence-corrected chi connectivity index (χ4v) is 4.55. The number of nitrogens with one attached hydrogen (secondary N) is 1. The lowest BCUT2D eigenvalue weighted by Crippen LogP contribution is -2.09. The van der Waals surface area contributed by atoms with Crippen molar-refractivity contribution in [1.82, 2.24) is 19.9 Å². The van der Waals surface area contributed by atoms with Crippen molar-refractivity contribution in [3.05, 3.63) is 113 Å². The van der Waals surface area contributed by atoms with Crippen LogP contribution < -0.4 is 15.4 Å². The van der Waals surface area contributed by atoms with E-state index in [2.05, 4.69) is 70.7 Å². The van der Waals surface area contributed by atoms with Gasteiger partial charge in [0.1, 0.15) is 5.15 Å². The molecule has 6 rings (SSSR count). The number of aromatic amines is 1. The second kappa shape index (κ2) is 15.1. The predicted octanol–water partition coefficient (Wildman–Crippen LogP) is 9.48. The summed E-state index contributed by atoms with van der Waals surface area (Å²) in [5.41, 5.74) is 7.36. The molecule has 0 bridgehead atoms. The Balaban J connectivity index is 0.000000179. The normalized spacial score (nSPS) is 10.8. The summed E-state index contributed by atoms with van der Waals surface area (Å²) in [6, 6.07) is 27.5. The summed E-state index contributed by atoms with van der Waals surface area (Å²) < 4.78 is 9.51. The quantitative estimate of drug-likeness (QED) is 0.145. The zero-order valence-corrected chi connectivity index (χ0v) is 28.7. The molecule has 2 aromatic carbocycles. The molecule has 0 fully saturated rings. The van der Waals surface area contributed by atoms with Crippen molar-refractivity contribution >= 4 is 83.7 Å². The summed E-state index contributed by atoms with van der Waals surface area (Å²) in [5, 5.41) is -1.24. The first-order chi connectivity index (χ1) is 21.3. The Morgan fingerprint density at radius 2 is 1.16 bits per heavy atom. The highest BCUT2D eigenvalue weighted by molar-refractivity contribution is 8.24. The first kappa shape index (κ1) is 34.2. The number of nitrogens with zero attached hydrogens (tertiary/aromatic N) is 5. The summed E-state index contributed by atoms with van der Waals surface area (Å²) in [7, 11) is 8.03. The van der Waals surface area contributed by atoms with E-state index in [0.717, 1.165) is 44.8 Å². The number of aromatic nitrogens is 4. The van der Waals surface area contributed by atoms with Crippen LogP contribution in [0.25, 0.3) is 44.3 Å². The zero-order valence-electron chi connectivity index (χ0n) is 24.7. The van der Waals surface area contributed by atoms with Crippen LogP contribution >= 0.6 is 50.5 Å². The maximum absolute atomic E-state index is 12.0. The van der Waals surface area contributed by atoms with Crippen molar-refractivity contribution in [2.75, 3.05) is 38.0 Å². The summed E-state index contributed by atoms with van der Waals surface area (Å²) in [5.74, 6) is 0. The Bertz CT molecular complexity index is 2010. The van der Waals surface area contributed by atoms with E-state index in [1.54, 1.807) is 24.5 Å². The van der Waals surface area contributed by atoms with Gasteiger partial charge in [0.15, 0.2) is 0 Å². The highest BCUT2D eigenvalue weighted by Gasteiger charge is 2.08. The van der Waals surface area contributed by atoms with E-state index >= 15 is 0 Å². The summed E-state index contributed by atoms with van der Waals surface area (Å²) >= 11 is 20.1. The second-order valence-corrected chi connectivity index (χ2v) is 17.1. The van der Waals surface area contributed by atoms with Gasteiger partial charge in [0.05, 0.1) is 27.8 Å². The van der Waals surface area contributed by atoms with Crippen molar-refractivity contribution in [3.8, 4) is 22.5 Å². The molecule has 1 N–H and O–H groups in total. The Kier molecular flexibility index (Phi) is 11.5. The highest BCUT2D eigenvalue weighted by Crippen LogP contribution is 2.61. The largest absolute Gasteiger partial charge is 0.378 e. The van der Waals surface area contributed by atoms with Crippen molar-refractivity contribution < 1.29 is 4.57 Å². The molecule has 0 aliphatic heterocycles. The van der Waals surface area contributed by atoms with Crippen LogP contribution in [0.4, 0.5) is 11.4 Å². The molecule has 4 heterocycles. The number of halogens is 4. The Morgan fingerprint density at radius 3 is 1.67 bits per heavy atom. The Morgan fingerprint density at radius 1 is 0.689 bits per heavy atom. The van der Waals surface area contributed by atoms with Gasteiger partial charge in [0.2, 0.25) is 0 Å². The van der Waals surface area contributed by atoms with Gasteiger partial charge < -0.3 is 14.8 Å². The summed E-state index contributed by atoms with van der Waals surface area (Å²) in [6.45, 7) is 0. The van der Waals surface area contributed by atoms with E-state index < -0.39 is 5.20 Å². The molecule has 13 heteroatoms. The number of rotatable bonds is 4. The average Bonchev–Trinajstić information content (AvgIpc) is 3.00. The van der Waals surface area contributed by atoms with Crippen molar-refractivity contribution in [2.24, 2.45) is 0 Å². The van der Waals surface area contributed by atoms with E-state index in [9.17, 15) is 9.36 Å². The first-order valence-electron chi connectivity index (χ1n) is 13.4. The van der Waals surface area contributed by atoms with Gasteiger partial charge in [-0.1, -0.05) is 35.9 Å². The van der Waals surface area contributed by atoms with Crippen molar-refractivity contribution in [3.63, 3.8) is 0 Å². The lowest BCUT2D eigenvalue weighted by atomic mass is 10.1. The average molecular weight is 702 g/mol. The van der Waals surface area contributed by atoms with E-state index in [-0.39, 0.29) is 5.56 Å². The monoisotopic (exact) mass is 700 g/mol. The molecule has 0 spiro atoms. The number of hydrogen-bond acceptors (Lipinski definition) is 7. The van der Waals surface area contributed by atoms with E-state index in [1.807, 2.05) is 93.8 Å². The Hall–Kier alpha value is -3.65. The molecule has 0 aliphatic rings. The standard InChI is InChI=1S/C16H14ClN3.C16H15N3O.Cl3OP/c1-20(2)12-7-5-11(6-8-12)14-10-15-13(16(17)19-14)4-3-9-18-15;1-19(2)12-7-5-11(6-8-12)14-10-15-13(16(20)18-14)4-3-9-17-15;1-5(2,3)4/h3-10H,1-2H3;3-10H,1-2H3,(H,18,20);. The molecule has 6 aromatic rings. The molecule has 4 aromatic heterocycles. The molecular formula is C32H29Cl4N6O2P. The minimum absolute atomic E-state index is 0.109. The Labute approximate surface area is 280 Å². The van der Waals surface area contributed by atoms with E-state index in [4.69, 9.17) is 11.6 Å². The molecular weight excluding hydrogens is 673 g/mol. The predicted molar refractivity (Wildman–Crippen MR) is 192 cm³/mol. The molecule has 0 atom stereocenters. The maximum Gasteiger partial charge on any atom is 0.339 e. The van der Waals surface area contributed by atoms with Crippen LogP contribution in [0.2, 0.25) is 5.15 Å². The number of fused-ring (bicyclic) bond motifs is 2. The highest BCUT2D eigenvalue weighted by atomic mass is 36.0. The second-order valence-electron chi connectivity index (χ2n) is 10.1. The van der Waals surface area contributed by atoms with Gasteiger partial charge in [0, 0.05) is 62.9 Å². The van der Waals surface area contributed by atoms with Crippen LogP contribution in [-0.4, -0.2) is 48.1 Å². The first-order valence-corrected chi connectivity index (χ1v) is 18.2. The molecule has 45 heavy (non-hydrogen) atoms. The minimum Gasteiger partial charge on any atom is -0.378 e. The summed E-state index contributed by atoms with van der Waals surface area (Å²) in [6.07, 6.45) is 3.46. The molecule has 0 aliphatic carbocycles. The van der Waals surface area contributed by atoms with Crippen LogP contribution in [0.15, 0.2) is 102 Å². The van der Waals surface area contributed by atoms with Gasteiger partial charge in [-0.05, 0) is 99.9 Å². The molecule has 0 radical (unpaired) electrons. The van der Waals surface area contributed by atoms with Gasteiger partial charge in [-0.2, -0.15) is 0 Å². The maximum atomic E-state index is 12.0. The lowest BCUT2D eigenvalue weighted by Gasteiger charge is -2.12. The van der Waals surface area contributed by atoms with Gasteiger partial charge in [-0.3, -0.25) is 19.3 Å². The third-order valence-corrected chi connectivity index (χ3v) is 6.83. The molecule has 232 valence electrons. The van der Waals surface area contributed by atoms with Crippen LogP contribution in [0.5, 0.6) is 0 Å². The number of anilines is 2. The van der Waals surface area contributed by atoms with Gasteiger partial charge in [0.25, 0.3) is 5.56 Å². The van der Waals surface area contributed by atoms with Crippen molar-refractivity contribution in [1.29, 1.82) is 0 Å².